The first-order valence-corrected chi connectivity index (χ1v) is 13.5. The first-order chi connectivity index (χ1) is 17.3. The Balaban J connectivity index is 1.15. The minimum atomic E-state index is -0.356. The quantitative estimate of drug-likeness (QED) is 0.682. The SMILES string of the molecule is Cc1c(Cl)cccc1N1CCN(C(=O)Cn2nc(C(=O)N3CC[C@H](O)[C@@H](C)C3)c3c2C[C@H]2C[C@@H]32)CC1. The van der Waals surface area contributed by atoms with Gasteiger partial charge in [0.1, 0.15) is 6.54 Å². The van der Waals surface area contributed by atoms with E-state index in [9.17, 15) is 14.7 Å². The molecule has 6 rings (SSSR count). The van der Waals surface area contributed by atoms with Gasteiger partial charge in [-0.25, -0.2) is 0 Å². The highest BCUT2D eigenvalue weighted by Gasteiger charge is 2.50. The van der Waals surface area contributed by atoms with Gasteiger partial charge in [-0.1, -0.05) is 24.6 Å². The van der Waals surface area contributed by atoms with Crippen LogP contribution >= 0.6 is 11.6 Å². The molecule has 0 radical (unpaired) electrons. The number of amides is 2. The van der Waals surface area contributed by atoms with E-state index in [4.69, 9.17) is 16.7 Å². The highest BCUT2D eigenvalue weighted by atomic mass is 35.5. The summed E-state index contributed by atoms with van der Waals surface area (Å²) in [6.07, 6.45) is 2.27. The molecule has 2 aromatic rings. The van der Waals surface area contributed by atoms with Gasteiger partial charge in [0.15, 0.2) is 5.69 Å². The Morgan fingerprint density at radius 1 is 1.14 bits per heavy atom. The molecule has 2 aliphatic carbocycles. The number of aromatic nitrogens is 2. The predicted molar refractivity (Wildman–Crippen MR) is 137 cm³/mol. The molecule has 0 spiro atoms. The third kappa shape index (κ3) is 4.08. The Morgan fingerprint density at radius 3 is 2.67 bits per heavy atom. The number of anilines is 1. The van der Waals surface area contributed by atoms with E-state index in [0.717, 1.165) is 53.5 Å². The number of piperazine rings is 1. The van der Waals surface area contributed by atoms with Gasteiger partial charge >= 0.3 is 0 Å². The Morgan fingerprint density at radius 2 is 1.92 bits per heavy atom. The summed E-state index contributed by atoms with van der Waals surface area (Å²) in [5, 5.41) is 15.6. The summed E-state index contributed by atoms with van der Waals surface area (Å²) < 4.78 is 1.81. The van der Waals surface area contributed by atoms with Crippen molar-refractivity contribution in [1.29, 1.82) is 0 Å². The van der Waals surface area contributed by atoms with Crippen molar-refractivity contribution in [3.05, 3.63) is 45.7 Å². The van der Waals surface area contributed by atoms with Gasteiger partial charge in [0.05, 0.1) is 6.10 Å². The second-order valence-electron chi connectivity index (χ2n) is 11.0. The van der Waals surface area contributed by atoms with Gasteiger partial charge in [-0.15, -0.1) is 0 Å². The van der Waals surface area contributed by atoms with E-state index in [1.54, 1.807) is 0 Å². The minimum Gasteiger partial charge on any atom is -0.393 e. The highest BCUT2D eigenvalue weighted by Crippen LogP contribution is 2.57. The van der Waals surface area contributed by atoms with E-state index in [1.165, 1.54) is 0 Å². The third-order valence-corrected chi connectivity index (χ3v) is 9.10. The van der Waals surface area contributed by atoms with Crippen LogP contribution in [0.3, 0.4) is 0 Å². The zero-order valence-electron chi connectivity index (χ0n) is 21.0. The second-order valence-corrected chi connectivity index (χ2v) is 11.4. The van der Waals surface area contributed by atoms with E-state index in [-0.39, 0.29) is 30.4 Å². The maximum atomic E-state index is 13.5. The Kier molecular flexibility index (Phi) is 5.99. The van der Waals surface area contributed by atoms with Crippen molar-refractivity contribution in [1.82, 2.24) is 19.6 Å². The number of carbonyl (C=O) groups excluding carboxylic acids is 2. The number of aliphatic hydroxyl groups excluding tert-OH is 1. The molecule has 4 atom stereocenters. The summed E-state index contributed by atoms with van der Waals surface area (Å²) in [6.45, 7) is 8.12. The summed E-state index contributed by atoms with van der Waals surface area (Å²) in [7, 11) is 0. The van der Waals surface area contributed by atoms with Gasteiger partial charge in [-0.05, 0) is 61.6 Å². The number of benzene rings is 1. The Bertz CT molecular complexity index is 1200. The molecule has 1 saturated carbocycles. The first-order valence-electron chi connectivity index (χ1n) is 13.2. The summed E-state index contributed by atoms with van der Waals surface area (Å²) >= 11 is 6.31. The maximum absolute atomic E-state index is 13.5. The predicted octanol–water partition coefficient (Wildman–Crippen LogP) is 2.70. The van der Waals surface area contributed by atoms with Crippen LogP contribution in [0.2, 0.25) is 5.02 Å². The number of fused-ring (bicyclic) bond motifs is 3. The molecule has 36 heavy (non-hydrogen) atoms. The van der Waals surface area contributed by atoms with Crippen LogP contribution in [0.1, 0.15) is 53.0 Å². The number of piperidine rings is 1. The summed E-state index contributed by atoms with van der Waals surface area (Å²) in [5.41, 5.74) is 4.89. The van der Waals surface area contributed by atoms with E-state index >= 15 is 0 Å². The Hall–Kier alpha value is -2.58. The molecule has 1 aromatic heterocycles. The molecule has 192 valence electrons. The lowest BCUT2D eigenvalue weighted by molar-refractivity contribution is -0.132. The lowest BCUT2D eigenvalue weighted by Crippen LogP contribution is -2.50. The summed E-state index contributed by atoms with van der Waals surface area (Å²) in [4.78, 5) is 32.8. The van der Waals surface area contributed by atoms with Crippen molar-refractivity contribution in [2.24, 2.45) is 11.8 Å². The number of rotatable bonds is 4. The molecule has 8 nitrogen and oxygen atoms in total. The Labute approximate surface area is 216 Å². The molecule has 4 aliphatic rings. The third-order valence-electron chi connectivity index (χ3n) is 8.69. The molecule has 2 aliphatic heterocycles. The zero-order chi connectivity index (χ0) is 25.1. The second kappa shape index (κ2) is 9.06. The molecule has 9 heteroatoms. The zero-order valence-corrected chi connectivity index (χ0v) is 21.7. The summed E-state index contributed by atoms with van der Waals surface area (Å²) in [5.74, 6) is 1.08. The molecule has 0 unspecified atom stereocenters. The van der Waals surface area contributed by atoms with Crippen molar-refractivity contribution < 1.29 is 14.7 Å². The van der Waals surface area contributed by atoms with Crippen molar-refractivity contribution in [3.8, 4) is 0 Å². The van der Waals surface area contributed by atoms with E-state index in [2.05, 4.69) is 11.0 Å². The average molecular weight is 512 g/mol. The molecular formula is C27H34ClN5O3. The molecule has 0 bridgehead atoms. The van der Waals surface area contributed by atoms with Crippen molar-refractivity contribution in [2.45, 2.75) is 51.7 Å². The number of aliphatic hydroxyl groups is 1. The van der Waals surface area contributed by atoms with Gasteiger partial charge < -0.3 is 19.8 Å². The van der Waals surface area contributed by atoms with Crippen LogP contribution < -0.4 is 4.90 Å². The van der Waals surface area contributed by atoms with Gasteiger partial charge in [0.25, 0.3) is 5.91 Å². The largest absolute Gasteiger partial charge is 0.393 e. The number of likely N-dealkylation sites (tertiary alicyclic amines) is 1. The van der Waals surface area contributed by atoms with Crippen LogP contribution in [-0.2, 0) is 17.8 Å². The van der Waals surface area contributed by atoms with Crippen LogP contribution in [0.5, 0.6) is 0 Å². The topological polar surface area (TPSA) is 81.9 Å². The van der Waals surface area contributed by atoms with Crippen LogP contribution in [0.25, 0.3) is 0 Å². The summed E-state index contributed by atoms with van der Waals surface area (Å²) in [6, 6.07) is 5.96. The number of halogens is 1. The highest BCUT2D eigenvalue weighted by molar-refractivity contribution is 6.31. The number of hydrogen-bond acceptors (Lipinski definition) is 5. The fraction of sp³-hybridized carbons (Fsp3) is 0.593. The first kappa shape index (κ1) is 23.8. The lowest BCUT2D eigenvalue weighted by Gasteiger charge is -2.37. The average Bonchev–Trinajstić information content (AvgIpc) is 3.40. The van der Waals surface area contributed by atoms with Crippen molar-refractivity contribution in [2.75, 3.05) is 44.2 Å². The van der Waals surface area contributed by atoms with Gasteiger partial charge in [-0.3, -0.25) is 14.3 Å². The van der Waals surface area contributed by atoms with Crippen molar-refractivity contribution in [3.63, 3.8) is 0 Å². The molecule has 1 aromatic carbocycles. The molecular weight excluding hydrogens is 478 g/mol. The van der Waals surface area contributed by atoms with Crippen LogP contribution in [0.4, 0.5) is 5.69 Å². The smallest absolute Gasteiger partial charge is 0.274 e. The molecule has 3 heterocycles. The fourth-order valence-electron chi connectivity index (χ4n) is 6.31. The number of hydrogen-bond donors (Lipinski definition) is 1. The maximum Gasteiger partial charge on any atom is 0.274 e. The minimum absolute atomic E-state index is 0.0470. The number of carbonyl (C=O) groups is 2. The molecule has 2 amide bonds. The van der Waals surface area contributed by atoms with Crippen LogP contribution in [0.15, 0.2) is 18.2 Å². The van der Waals surface area contributed by atoms with E-state index in [0.29, 0.717) is 50.1 Å². The van der Waals surface area contributed by atoms with Crippen LogP contribution in [0, 0.1) is 18.8 Å². The molecule has 1 N–H and O–H groups in total. The lowest BCUT2D eigenvalue weighted by atomic mass is 9.96. The van der Waals surface area contributed by atoms with E-state index in [1.807, 2.05) is 40.5 Å². The van der Waals surface area contributed by atoms with E-state index < -0.39 is 0 Å². The molecule has 2 saturated heterocycles. The monoisotopic (exact) mass is 511 g/mol. The van der Waals surface area contributed by atoms with Crippen LogP contribution in [-0.4, -0.2) is 81.9 Å². The van der Waals surface area contributed by atoms with Gasteiger partial charge in [0.2, 0.25) is 5.91 Å². The van der Waals surface area contributed by atoms with Crippen molar-refractivity contribution >= 4 is 29.1 Å². The standard InChI is InChI=1S/C27H34ClN5O3/c1-16-14-32(7-6-23(16)34)27(36)26-25-19-12-18(19)13-22(25)33(29-26)15-24(35)31-10-8-30(9-11-31)21-5-3-4-20(28)17(21)2/h3-5,16,18-19,23,34H,6-15H2,1-2H3/t16-,18+,19+,23-/m0/s1. The fourth-order valence-corrected chi connectivity index (χ4v) is 6.48. The molecule has 3 fully saturated rings. The van der Waals surface area contributed by atoms with Gasteiger partial charge in [-0.2, -0.15) is 5.10 Å². The van der Waals surface area contributed by atoms with Gasteiger partial charge in [0, 0.05) is 61.2 Å². The normalized spacial score (nSPS) is 27.2. The number of nitrogens with zero attached hydrogens (tertiary/aromatic N) is 5.